The van der Waals surface area contributed by atoms with Gasteiger partial charge >= 0.3 is 5.63 Å². The van der Waals surface area contributed by atoms with Crippen molar-refractivity contribution in [3.05, 3.63) is 40.2 Å². The normalized spacial score (nSPS) is 10.8. The van der Waals surface area contributed by atoms with E-state index < -0.39 is 5.63 Å². The molecule has 0 aliphatic heterocycles. The van der Waals surface area contributed by atoms with Crippen LogP contribution in [0.25, 0.3) is 11.0 Å². The van der Waals surface area contributed by atoms with Crippen LogP contribution in [0.15, 0.2) is 33.5 Å². The third kappa shape index (κ3) is 3.13. The lowest BCUT2D eigenvalue weighted by molar-refractivity contribution is 0.0696. The fraction of sp³-hybridized carbons (Fsp3) is 0.357. The molecule has 0 saturated heterocycles. The Morgan fingerprint density at radius 2 is 2.00 bits per heavy atom. The van der Waals surface area contributed by atoms with Crippen LogP contribution in [-0.2, 0) is 4.74 Å². The van der Waals surface area contributed by atoms with Crippen LogP contribution in [-0.4, -0.2) is 31.5 Å². The number of ether oxygens (including phenoxy) is 2. The van der Waals surface area contributed by atoms with Gasteiger partial charge in [-0.2, -0.15) is 0 Å². The van der Waals surface area contributed by atoms with Gasteiger partial charge in [0, 0.05) is 10.9 Å². The van der Waals surface area contributed by atoms with E-state index in [1.165, 1.54) is 0 Å². The zero-order chi connectivity index (χ0) is 13.7. The summed E-state index contributed by atoms with van der Waals surface area (Å²) in [5, 5.41) is 9.41. The maximum Gasteiger partial charge on any atom is 0.379 e. The molecule has 5 heteroatoms. The molecule has 0 amide bonds. The van der Waals surface area contributed by atoms with Gasteiger partial charge in [-0.25, -0.2) is 4.79 Å². The topological polar surface area (TPSA) is 68.9 Å². The number of aryl methyl sites for hydroxylation is 1. The molecule has 1 N–H and O–H groups in total. The lowest BCUT2D eigenvalue weighted by atomic mass is 10.1. The van der Waals surface area contributed by atoms with Gasteiger partial charge in [-0.1, -0.05) is 18.2 Å². The molecule has 0 fully saturated rings. The second-order valence-electron chi connectivity index (χ2n) is 4.02. The van der Waals surface area contributed by atoms with Crippen molar-refractivity contribution in [3.63, 3.8) is 0 Å². The van der Waals surface area contributed by atoms with Gasteiger partial charge in [0.1, 0.15) is 12.2 Å². The van der Waals surface area contributed by atoms with E-state index in [9.17, 15) is 4.79 Å². The van der Waals surface area contributed by atoms with Crippen LogP contribution in [0.1, 0.15) is 5.56 Å². The van der Waals surface area contributed by atoms with Crippen molar-refractivity contribution in [2.24, 2.45) is 0 Å². The molecular weight excluding hydrogens is 248 g/mol. The predicted molar refractivity (Wildman–Crippen MR) is 70.6 cm³/mol. The van der Waals surface area contributed by atoms with Crippen molar-refractivity contribution < 1.29 is 19.0 Å². The SMILES string of the molecule is Cc1c(OCCOCCO)c(=O)oc2ccccc12. The number of rotatable bonds is 6. The standard InChI is InChI=1S/C14H16O5/c1-10-11-4-2-3-5-12(11)19-14(16)13(10)18-9-8-17-7-6-15/h2-5,15H,6-9H2,1H3. The Bertz CT molecular complexity index is 602. The van der Waals surface area contributed by atoms with Crippen LogP contribution in [0.3, 0.4) is 0 Å². The summed E-state index contributed by atoms with van der Waals surface area (Å²) in [6, 6.07) is 7.32. The van der Waals surface area contributed by atoms with E-state index in [0.717, 1.165) is 10.9 Å². The summed E-state index contributed by atoms with van der Waals surface area (Å²) in [7, 11) is 0. The third-order valence-corrected chi connectivity index (χ3v) is 2.73. The maximum absolute atomic E-state index is 11.8. The van der Waals surface area contributed by atoms with Gasteiger partial charge in [0.15, 0.2) is 0 Å². The molecule has 0 spiro atoms. The van der Waals surface area contributed by atoms with E-state index in [4.69, 9.17) is 19.0 Å². The Morgan fingerprint density at radius 3 is 2.79 bits per heavy atom. The molecule has 1 aromatic carbocycles. The minimum atomic E-state index is -0.488. The molecule has 0 bridgehead atoms. The number of hydrogen-bond donors (Lipinski definition) is 1. The zero-order valence-electron chi connectivity index (χ0n) is 10.7. The molecule has 2 rings (SSSR count). The van der Waals surface area contributed by atoms with Gasteiger partial charge in [-0.3, -0.25) is 0 Å². The molecular formula is C14H16O5. The first-order valence-electron chi connectivity index (χ1n) is 6.08. The number of fused-ring (bicyclic) bond motifs is 1. The molecule has 1 aromatic heterocycles. The van der Waals surface area contributed by atoms with Crippen LogP contribution < -0.4 is 10.4 Å². The Labute approximate surface area is 110 Å². The van der Waals surface area contributed by atoms with E-state index in [2.05, 4.69) is 0 Å². The summed E-state index contributed by atoms with van der Waals surface area (Å²) in [5.74, 6) is 0.214. The molecule has 0 aliphatic carbocycles. The smallest absolute Gasteiger partial charge is 0.379 e. The fourth-order valence-electron chi connectivity index (χ4n) is 1.82. The van der Waals surface area contributed by atoms with Crippen LogP contribution in [0.2, 0.25) is 0 Å². The summed E-state index contributed by atoms with van der Waals surface area (Å²) in [6.45, 7) is 2.60. The van der Waals surface area contributed by atoms with Gasteiger partial charge in [0.05, 0.1) is 19.8 Å². The number of hydrogen-bond acceptors (Lipinski definition) is 5. The van der Waals surface area contributed by atoms with E-state index in [0.29, 0.717) is 12.2 Å². The second kappa shape index (κ2) is 6.36. The lowest BCUT2D eigenvalue weighted by Crippen LogP contribution is -2.14. The summed E-state index contributed by atoms with van der Waals surface area (Å²) in [4.78, 5) is 11.8. The Balaban J connectivity index is 2.16. The first-order valence-corrected chi connectivity index (χ1v) is 6.08. The number of aliphatic hydroxyl groups excluding tert-OH is 1. The van der Waals surface area contributed by atoms with Crippen molar-refractivity contribution in [2.45, 2.75) is 6.92 Å². The van der Waals surface area contributed by atoms with E-state index >= 15 is 0 Å². The highest BCUT2D eigenvalue weighted by atomic mass is 16.5. The number of benzene rings is 1. The lowest BCUT2D eigenvalue weighted by Gasteiger charge is -2.09. The van der Waals surface area contributed by atoms with Crippen molar-refractivity contribution in [2.75, 3.05) is 26.4 Å². The van der Waals surface area contributed by atoms with Gasteiger partial charge in [-0.05, 0) is 13.0 Å². The maximum atomic E-state index is 11.8. The minimum absolute atomic E-state index is 0.0306. The fourth-order valence-corrected chi connectivity index (χ4v) is 1.82. The molecule has 0 saturated carbocycles. The average molecular weight is 264 g/mol. The molecule has 1 heterocycles. The summed E-state index contributed by atoms with van der Waals surface area (Å²) in [5.41, 5.74) is 0.821. The highest BCUT2D eigenvalue weighted by Crippen LogP contribution is 2.23. The third-order valence-electron chi connectivity index (χ3n) is 2.73. The minimum Gasteiger partial charge on any atom is -0.484 e. The molecule has 19 heavy (non-hydrogen) atoms. The molecule has 0 unspecified atom stereocenters. The number of para-hydroxylation sites is 1. The first kappa shape index (κ1) is 13.6. The van der Waals surface area contributed by atoms with Crippen LogP contribution >= 0.6 is 0 Å². The van der Waals surface area contributed by atoms with Crippen LogP contribution in [0.5, 0.6) is 5.75 Å². The summed E-state index contributed by atoms with van der Waals surface area (Å²) < 4.78 is 15.7. The summed E-state index contributed by atoms with van der Waals surface area (Å²) >= 11 is 0. The highest BCUT2D eigenvalue weighted by Gasteiger charge is 2.11. The zero-order valence-corrected chi connectivity index (χ0v) is 10.7. The molecule has 2 aromatic rings. The van der Waals surface area contributed by atoms with E-state index in [-0.39, 0.29) is 25.6 Å². The van der Waals surface area contributed by atoms with Crippen LogP contribution in [0, 0.1) is 6.92 Å². The largest absolute Gasteiger partial charge is 0.484 e. The Morgan fingerprint density at radius 1 is 1.21 bits per heavy atom. The van der Waals surface area contributed by atoms with Crippen LogP contribution in [0.4, 0.5) is 0 Å². The van der Waals surface area contributed by atoms with Crippen molar-refractivity contribution >= 4 is 11.0 Å². The molecule has 0 aliphatic rings. The van der Waals surface area contributed by atoms with Crippen molar-refractivity contribution in [3.8, 4) is 5.75 Å². The molecule has 5 nitrogen and oxygen atoms in total. The number of aliphatic hydroxyl groups is 1. The molecule has 0 atom stereocenters. The molecule has 0 radical (unpaired) electrons. The first-order chi connectivity index (χ1) is 9.24. The quantitative estimate of drug-likeness (QED) is 0.632. The highest BCUT2D eigenvalue weighted by molar-refractivity contribution is 5.81. The van der Waals surface area contributed by atoms with Gasteiger partial charge < -0.3 is 19.0 Å². The monoisotopic (exact) mass is 264 g/mol. The van der Waals surface area contributed by atoms with Crippen molar-refractivity contribution in [1.29, 1.82) is 0 Å². The Hall–Kier alpha value is -1.85. The van der Waals surface area contributed by atoms with E-state index in [1.807, 2.05) is 25.1 Å². The van der Waals surface area contributed by atoms with Crippen molar-refractivity contribution in [1.82, 2.24) is 0 Å². The van der Waals surface area contributed by atoms with Gasteiger partial charge in [0.2, 0.25) is 5.75 Å². The molecule has 102 valence electrons. The van der Waals surface area contributed by atoms with Gasteiger partial charge in [-0.15, -0.1) is 0 Å². The average Bonchev–Trinajstić information content (AvgIpc) is 2.42. The van der Waals surface area contributed by atoms with Gasteiger partial charge in [0.25, 0.3) is 0 Å². The van der Waals surface area contributed by atoms with E-state index in [1.54, 1.807) is 6.07 Å². The predicted octanol–water partition coefficient (Wildman–Crippen LogP) is 1.49. The second-order valence-corrected chi connectivity index (χ2v) is 4.02. The summed E-state index contributed by atoms with van der Waals surface area (Å²) in [6.07, 6.45) is 0. The Kier molecular flexibility index (Phi) is 4.54.